The smallest absolute Gasteiger partial charge is 0.315 e. The molecule has 1 rings (SSSR count). The third-order valence-electron chi connectivity index (χ3n) is 3.00. The molecule has 1 unspecified atom stereocenters. The number of aliphatic hydroxyl groups excluding tert-OH is 1. The van der Waals surface area contributed by atoms with E-state index in [0.717, 1.165) is 12.0 Å². The van der Waals surface area contributed by atoms with Crippen LogP contribution in [0.2, 0.25) is 5.02 Å². The standard InChI is InChI=1S/C15H23ClN2O3/c1-10(2)6-13(9-19)18-15(20)17-8-11-4-5-12(16)7-14(11)21-3/h4-5,7,10,13,19H,6,8-9H2,1-3H3,(H2,17,18,20). The molecule has 2 amide bonds. The van der Waals surface area contributed by atoms with Crippen molar-refractivity contribution in [2.45, 2.75) is 32.9 Å². The molecule has 21 heavy (non-hydrogen) atoms. The molecule has 0 fully saturated rings. The van der Waals surface area contributed by atoms with Crippen molar-refractivity contribution >= 4 is 17.6 Å². The van der Waals surface area contributed by atoms with Crippen LogP contribution in [0.15, 0.2) is 18.2 Å². The predicted octanol–water partition coefficient (Wildman–Crippen LogP) is 2.55. The summed E-state index contributed by atoms with van der Waals surface area (Å²) in [6.07, 6.45) is 0.730. The number of aliphatic hydroxyl groups is 1. The van der Waals surface area contributed by atoms with Gasteiger partial charge in [-0.2, -0.15) is 0 Å². The normalized spacial score (nSPS) is 12.1. The second-order valence-corrected chi connectivity index (χ2v) is 5.73. The van der Waals surface area contributed by atoms with Crippen molar-refractivity contribution in [3.8, 4) is 5.75 Å². The van der Waals surface area contributed by atoms with Crippen LogP contribution in [-0.2, 0) is 6.54 Å². The summed E-state index contributed by atoms with van der Waals surface area (Å²) in [7, 11) is 1.56. The molecule has 0 aliphatic carbocycles. The molecule has 1 aromatic rings. The van der Waals surface area contributed by atoms with E-state index in [4.69, 9.17) is 16.3 Å². The molecular formula is C15H23ClN2O3. The fourth-order valence-electron chi connectivity index (χ4n) is 2.02. The lowest BCUT2D eigenvalue weighted by Gasteiger charge is -2.19. The predicted molar refractivity (Wildman–Crippen MR) is 83.7 cm³/mol. The van der Waals surface area contributed by atoms with Crippen LogP contribution in [0.4, 0.5) is 4.79 Å². The van der Waals surface area contributed by atoms with Crippen LogP contribution in [0.3, 0.4) is 0 Å². The van der Waals surface area contributed by atoms with E-state index in [0.29, 0.717) is 23.2 Å². The molecule has 0 aromatic heterocycles. The summed E-state index contributed by atoms with van der Waals surface area (Å²) in [6.45, 7) is 4.34. The SMILES string of the molecule is COc1cc(Cl)ccc1CNC(=O)NC(CO)CC(C)C. The summed E-state index contributed by atoms with van der Waals surface area (Å²) in [4.78, 5) is 11.8. The van der Waals surface area contributed by atoms with Gasteiger partial charge in [0.2, 0.25) is 0 Å². The molecular weight excluding hydrogens is 292 g/mol. The number of urea groups is 1. The largest absolute Gasteiger partial charge is 0.496 e. The second kappa shape index (κ2) is 8.74. The van der Waals surface area contributed by atoms with Gasteiger partial charge < -0.3 is 20.5 Å². The van der Waals surface area contributed by atoms with Crippen LogP contribution in [-0.4, -0.2) is 30.9 Å². The van der Waals surface area contributed by atoms with Crippen LogP contribution in [0, 0.1) is 5.92 Å². The van der Waals surface area contributed by atoms with Crippen molar-refractivity contribution in [3.05, 3.63) is 28.8 Å². The summed E-state index contributed by atoms with van der Waals surface area (Å²) in [5.74, 6) is 1.03. The first-order valence-corrected chi connectivity index (χ1v) is 7.31. The third kappa shape index (κ3) is 6.23. The van der Waals surface area contributed by atoms with Crippen LogP contribution in [0.1, 0.15) is 25.8 Å². The Morgan fingerprint density at radius 1 is 1.43 bits per heavy atom. The van der Waals surface area contributed by atoms with Gasteiger partial charge in [-0.15, -0.1) is 0 Å². The highest BCUT2D eigenvalue weighted by Crippen LogP contribution is 2.22. The number of nitrogens with one attached hydrogen (secondary N) is 2. The lowest BCUT2D eigenvalue weighted by atomic mass is 10.0. The fraction of sp³-hybridized carbons (Fsp3) is 0.533. The van der Waals surface area contributed by atoms with Crippen molar-refractivity contribution in [1.82, 2.24) is 10.6 Å². The topological polar surface area (TPSA) is 70.6 Å². The van der Waals surface area contributed by atoms with Crippen molar-refractivity contribution in [2.24, 2.45) is 5.92 Å². The average Bonchev–Trinajstić information content (AvgIpc) is 2.44. The van der Waals surface area contributed by atoms with Crippen LogP contribution < -0.4 is 15.4 Å². The fourth-order valence-corrected chi connectivity index (χ4v) is 2.19. The minimum Gasteiger partial charge on any atom is -0.496 e. The van der Waals surface area contributed by atoms with Crippen molar-refractivity contribution in [3.63, 3.8) is 0 Å². The number of carbonyl (C=O) groups is 1. The van der Waals surface area contributed by atoms with Gasteiger partial charge in [-0.3, -0.25) is 0 Å². The van der Waals surface area contributed by atoms with E-state index in [9.17, 15) is 9.90 Å². The van der Waals surface area contributed by atoms with Gasteiger partial charge in [-0.1, -0.05) is 31.5 Å². The van der Waals surface area contributed by atoms with Gasteiger partial charge >= 0.3 is 6.03 Å². The van der Waals surface area contributed by atoms with E-state index < -0.39 is 0 Å². The molecule has 0 bridgehead atoms. The number of halogens is 1. The molecule has 0 aliphatic rings. The Morgan fingerprint density at radius 3 is 2.71 bits per heavy atom. The Kier molecular flexibility index (Phi) is 7.32. The van der Waals surface area contributed by atoms with E-state index in [2.05, 4.69) is 10.6 Å². The monoisotopic (exact) mass is 314 g/mol. The van der Waals surface area contributed by atoms with Gasteiger partial charge in [0.05, 0.1) is 19.8 Å². The van der Waals surface area contributed by atoms with Crippen molar-refractivity contribution in [2.75, 3.05) is 13.7 Å². The summed E-state index contributed by atoms with van der Waals surface area (Å²) in [5, 5.41) is 15.3. The lowest BCUT2D eigenvalue weighted by Crippen LogP contribution is -2.44. The summed E-state index contributed by atoms with van der Waals surface area (Å²) in [5.41, 5.74) is 0.835. The van der Waals surface area contributed by atoms with Gasteiger partial charge in [0.1, 0.15) is 5.75 Å². The zero-order chi connectivity index (χ0) is 15.8. The van der Waals surface area contributed by atoms with Crippen LogP contribution in [0.25, 0.3) is 0 Å². The van der Waals surface area contributed by atoms with Crippen molar-refractivity contribution in [1.29, 1.82) is 0 Å². The highest BCUT2D eigenvalue weighted by molar-refractivity contribution is 6.30. The van der Waals surface area contributed by atoms with Gasteiger partial charge in [-0.05, 0) is 24.5 Å². The maximum Gasteiger partial charge on any atom is 0.315 e. The third-order valence-corrected chi connectivity index (χ3v) is 3.24. The summed E-state index contributed by atoms with van der Waals surface area (Å²) >= 11 is 5.89. The minimum atomic E-state index is -0.313. The number of benzene rings is 1. The van der Waals surface area contributed by atoms with E-state index >= 15 is 0 Å². The summed E-state index contributed by atoms with van der Waals surface area (Å²) < 4.78 is 5.22. The van der Waals surface area contributed by atoms with Crippen LogP contribution >= 0.6 is 11.6 Å². The molecule has 0 saturated heterocycles. The molecule has 0 aliphatic heterocycles. The molecule has 6 heteroatoms. The number of methoxy groups -OCH3 is 1. The van der Waals surface area contributed by atoms with E-state index in [1.54, 1.807) is 25.3 Å². The van der Waals surface area contributed by atoms with Crippen LogP contribution in [0.5, 0.6) is 5.75 Å². The highest BCUT2D eigenvalue weighted by Gasteiger charge is 2.13. The molecule has 0 heterocycles. The molecule has 5 nitrogen and oxygen atoms in total. The number of hydrogen-bond donors (Lipinski definition) is 3. The Hall–Kier alpha value is -1.46. The summed E-state index contributed by atoms with van der Waals surface area (Å²) in [6, 6.07) is 4.70. The number of amides is 2. The quantitative estimate of drug-likeness (QED) is 0.724. The van der Waals surface area contributed by atoms with E-state index in [1.807, 2.05) is 13.8 Å². The first-order chi connectivity index (χ1) is 9.96. The minimum absolute atomic E-state index is 0.0735. The maximum absolute atomic E-state index is 11.8. The molecule has 118 valence electrons. The Labute approximate surface area is 130 Å². The van der Waals surface area contributed by atoms with Gasteiger partial charge in [0, 0.05) is 17.1 Å². The zero-order valence-corrected chi connectivity index (χ0v) is 13.4. The van der Waals surface area contributed by atoms with Gasteiger partial charge in [0.15, 0.2) is 0 Å². The Morgan fingerprint density at radius 2 is 2.14 bits per heavy atom. The molecule has 1 atom stereocenters. The molecule has 3 N–H and O–H groups in total. The number of carbonyl (C=O) groups excluding carboxylic acids is 1. The van der Waals surface area contributed by atoms with E-state index in [1.165, 1.54) is 0 Å². The van der Waals surface area contributed by atoms with Gasteiger partial charge in [-0.25, -0.2) is 4.79 Å². The van der Waals surface area contributed by atoms with E-state index in [-0.39, 0.29) is 18.7 Å². The lowest BCUT2D eigenvalue weighted by molar-refractivity contribution is 0.206. The molecule has 0 radical (unpaired) electrons. The first kappa shape index (κ1) is 17.6. The Balaban J connectivity index is 2.52. The number of rotatable bonds is 7. The maximum atomic E-state index is 11.8. The molecule has 0 saturated carbocycles. The average molecular weight is 315 g/mol. The number of hydrogen-bond acceptors (Lipinski definition) is 3. The highest BCUT2D eigenvalue weighted by atomic mass is 35.5. The zero-order valence-electron chi connectivity index (χ0n) is 12.6. The van der Waals surface area contributed by atoms with Crippen molar-refractivity contribution < 1.29 is 14.6 Å². The Bertz CT molecular complexity index is 466. The number of ether oxygens (including phenoxy) is 1. The second-order valence-electron chi connectivity index (χ2n) is 5.29. The van der Waals surface area contributed by atoms with Gasteiger partial charge in [0.25, 0.3) is 0 Å². The molecule has 0 spiro atoms. The molecule has 1 aromatic carbocycles. The first-order valence-electron chi connectivity index (χ1n) is 6.93.